The molecule has 0 atom stereocenters. The van der Waals surface area contributed by atoms with Crippen molar-refractivity contribution in [3.05, 3.63) is 66.1 Å². The monoisotopic (exact) mass is 470 g/mol. The number of nitrogens with one attached hydrogen (secondary N) is 1. The van der Waals surface area contributed by atoms with Crippen molar-refractivity contribution in [2.24, 2.45) is 5.92 Å². The van der Waals surface area contributed by atoms with E-state index in [4.69, 9.17) is 9.47 Å². The summed E-state index contributed by atoms with van der Waals surface area (Å²) in [5, 5.41) is 8.64. The summed E-state index contributed by atoms with van der Waals surface area (Å²) in [6.45, 7) is 4.29. The predicted molar refractivity (Wildman–Crippen MR) is 131 cm³/mol. The molecule has 1 amide bonds. The van der Waals surface area contributed by atoms with E-state index in [1.165, 1.54) is 5.56 Å². The fourth-order valence-electron chi connectivity index (χ4n) is 4.65. The number of hydrogen-bond acceptors (Lipinski definition) is 7. The Bertz CT molecular complexity index is 1380. The molecule has 0 aliphatic carbocycles. The number of rotatable bonds is 5. The van der Waals surface area contributed by atoms with Crippen LogP contribution >= 0.6 is 0 Å². The first kappa shape index (κ1) is 21.4. The van der Waals surface area contributed by atoms with Gasteiger partial charge in [-0.05, 0) is 49.6 Å². The summed E-state index contributed by atoms with van der Waals surface area (Å²) in [7, 11) is 0. The number of carbonyl (C=O) groups is 1. The summed E-state index contributed by atoms with van der Waals surface area (Å²) < 4.78 is 12.6. The number of nitrogens with zero attached hydrogens (tertiary/aromatic N) is 5. The lowest BCUT2D eigenvalue weighted by atomic mass is 9.95. The molecule has 178 valence electrons. The molecule has 2 aromatic carbocycles. The molecule has 4 aromatic rings. The van der Waals surface area contributed by atoms with Gasteiger partial charge < -0.3 is 19.7 Å². The third-order valence-electron chi connectivity index (χ3n) is 6.66. The number of carbonyl (C=O) groups excluding carboxylic acids is 1. The highest BCUT2D eigenvalue weighted by molar-refractivity contribution is 5.87. The second-order valence-corrected chi connectivity index (χ2v) is 9.01. The van der Waals surface area contributed by atoms with Crippen LogP contribution in [0.2, 0.25) is 0 Å². The minimum atomic E-state index is -0.0205. The van der Waals surface area contributed by atoms with Crippen molar-refractivity contribution in [2.75, 3.05) is 24.8 Å². The zero-order valence-electron chi connectivity index (χ0n) is 19.5. The van der Waals surface area contributed by atoms with Crippen LogP contribution in [-0.2, 0) is 11.3 Å². The van der Waals surface area contributed by atoms with E-state index in [2.05, 4.69) is 44.3 Å². The molecular weight excluding hydrogens is 444 g/mol. The highest BCUT2D eigenvalue weighted by atomic mass is 16.7. The fourth-order valence-corrected chi connectivity index (χ4v) is 4.65. The normalized spacial score (nSPS) is 15.5. The van der Waals surface area contributed by atoms with E-state index in [1.807, 2.05) is 41.2 Å². The molecule has 0 unspecified atom stereocenters. The van der Waals surface area contributed by atoms with Crippen molar-refractivity contribution >= 4 is 22.8 Å². The van der Waals surface area contributed by atoms with Crippen LogP contribution in [0.25, 0.3) is 16.7 Å². The Labute approximate surface area is 202 Å². The molecule has 35 heavy (non-hydrogen) atoms. The summed E-state index contributed by atoms with van der Waals surface area (Å²) in [4.78, 5) is 24.0. The van der Waals surface area contributed by atoms with E-state index >= 15 is 0 Å². The average Bonchev–Trinajstić information content (AvgIpc) is 3.54. The van der Waals surface area contributed by atoms with Gasteiger partial charge in [-0.1, -0.05) is 23.8 Å². The van der Waals surface area contributed by atoms with Crippen LogP contribution in [0.4, 0.5) is 5.82 Å². The lowest BCUT2D eigenvalue weighted by molar-refractivity contribution is -0.125. The third kappa shape index (κ3) is 4.25. The molecule has 2 aliphatic rings. The minimum Gasteiger partial charge on any atom is -0.454 e. The first-order chi connectivity index (χ1) is 17.1. The quantitative estimate of drug-likeness (QED) is 0.478. The van der Waals surface area contributed by atoms with Gasteiger partial charge in [-0.3, -0.25) is 4.79 Å². The standard InChI is InChI=1S/C26H26N6O3/c1-17-2-5-20(6-3-17)32-14-21-24(30-32)28-15-29-25(21)31-10-8-19(9-11-31)26(33)27-13-18-4-7-22-23(12-18)35-16-34-22/h2-7,12,14-15,19H,8-11,13,16H2,1H3,(H,27,33). The van der Waals surface area contributed by atoms with Gasteiger partial charge in [0.15, 0.2) is 17.1 Å². The number of amides is 1. The maximum absolute atomic E-state index is 12.8. The van der Waals surface area contributed by atoms with Gasteiger partial charge in [0.2, 0.25) is 12.7 Å². The van der Waals surface area contributed by atoms with Crippen LogP contribution in [0.5, 0.6) is 11.5 Å². The lowest BCUT2D eigenvalue weighted by Gasteiger charge is -2.32. The number of piperidine rings is 1. The number of fused-ring (bicyclic) bond motifs is 2. The summed E-state index contributed by atoms with van der Waals surface area (Å²) in [5.74, 6) is 2.41. The van der Waals surface area contributed by atoms with Crippen molar-refractivity contribution in [1.29, 1.82) is 0 Å². The highest BCUT2D eigenvalue weighted by Gasteiger charge is 2.27. The van der Waals surface area contributed by atoms with Gasteiger partial charge in [0.1, 0.15) is 12.1 Å². The van der Waals surface area contributed by atoms with Crippen LogP contribution in [0, 0.1) is 12.8 Å². The van der Waals surface area contributed by atoms with Crippen LogP contribution in [0.3, 0.4) is 0 Å². The lowest BCUT2D eigenvalue weighted by Crippen LogP contribution is -2.40. The second-order valence-electron chi connectivity index (χ2n) is 9.01. The largest absolute Gasteiger partial charge is 0.454 e. The molecule has 0 bridgehead atoms. The number of anilines is 1. The molecule has 1 N–H and O–H groups in total. The molecule has 2 aromatic heterocycles. The Hall–Kier alpha value is -4.14. The number of benzene rings is 2. The van der Waals surface area contributed by atoms with Crippen LogP contribution < -0.4 is 19.7 Å². The Morgan fingerprint density at radius 2 is 1.86 bits per heavy atom. The summed E-state index contributed by atoms with van der Waals surface area (Å²) in [6, 6.07) is 14.0. The van der Waals surface area contributed by atoms with Crippen molar-refractivity contribution in [2.45, 2.75) is 26.3 Å². The Kier molecular flexibility index (Phi) is 5.44. The van der Waals surface area contributed by atoms with E-state index in [0.29, 0.717) is 12.2 Å². The molecular formula is C26H26N6O3. The maximum atomic E-state index is 12.8. The number of hydrogen-bond donors (Lipinski definition) is 1. The molecule has 9 nitrogen and oxygen atoms in total. The van der Waals surface area contributed by atoms with Crippen molar-refractivity contribution in [1.82, 2.24) is 25.1 Å². The molecule has 1 fully saturated rings. The van der Waals surface area contributed by atoms with Gasteiger partial charge in [-0.25, -0.2) is 14.6 Å². The highest BCUT2D eigenvalue weighted by Crippen LogP contribution is 2.32. The van der Waals surface area contributed by atoms with Crippen LogP contribution in [-0.4, -0.2) is 45.5 Å². The zero-order chi connectivity index (χ0) is 23.8. The van der Waals surface area contributed by atoms with E-state index < -0.39 is 0 Å². The fraction of sp³-hybridized carbons (Fsp3) is 0.308. The summed E-state index contributed by atoms with van der Waals surface area (Å²) in [5.41, 5.74) is 3.85. The SMILES string of the molecule is Cc1ccc(-n2cc3c(N4CCC(C(=O)NCc5ccc6c(c5)OCO6)CC4)ncnc3n2)cc1. The van der Waals surface area contributed by atoms with Gasteiger partial charge in [-0.15, -0.1) is 5.10 Å². The molecule has 4 heterocycles. The average molecular weight is 471 g/mol. The van der Waals surface area contributed by atoms with Gasteiger partial charge in [-0.2, -0.15) is 0 Å². The van der Waals surface area contributed by atoms with Gasteiger partial charge in [0.25, 0.3) is 0 Å². The molecule has 9 heteroatoms. The zero-order valence-corrected chi connectivity index (χ0v) is 19.5. The number of aryl methyl sites for hydroxylation is 1. The van der Waals surface area contributed by atoms with Crippen LogP contribution in [0.15, 0.2) is 55.0 Å². The first-order valence-electron chi connectivity index (χ1n) is 11.8. The molecule has 2 aliphatic heterocycles. The van der Waals surface area contributed by atoms with E-state index in [9.17, 15) is 4.79 Å². The number of ether oxygens (including phenoxy) is 2. The molecule has 6 rings (SSSR count). The maximum Gasteiger partial charge on any atom is 0.231 e. The summed E-state index contributed by atoms with van der Waals surface area (Å²) in [6.07, 6.45) is 5.09. The van der Waals surface area contributed by atoms with Crippen LogP contribution in [0.1, 0.15) is 24.0 Å². The molecule has 0 saturated carbocycles. The first-order valence-corrected chi connectivity index (χ1v) is 11.8. The smallest absolute Gasteiger partial charge is 0.231 e. The Balaban J connectivity index is 1.10. The van der Waals surface area contributed by atoms with E-state index in [0.717, 1.165) is 59.9 Å². The van der Waals surface area contributed by atoms with Gasteiger partial charge in [0.05, 0.1) is 11.1 Å². The van der Waals surface area contributed by atoms with E-state index in [1.54, 1.807) is 6.33 Å². The van der Waals surface area contributed by atoms with Crippen molar-refractivity contribution in [3.8, 4) is 17.2 Å². The third-order valence-corrected chi connectivity index (χ3v) is 6.66. The minimum absolute atomic E-state index is 0.0205. The van der Waals surface area contributed by atoms with Gasteiger partial charge in [0, 0.05) is 31.7 Å². The van der Waals surface area contributed by atoms with E-state index in [-0.39, 0.29) is 18.6 Å². The second kappa shape index (κ2) is 8.90. The predicted octanol–water partition coefficient (Wildman–Crippen LogP) is 3.39. The van der Waals surface area contributed by atoms with Crippen molar-refractivity contribution < 1.29 is 14.3 Å². The topological polar surface area (TPSA) is 94.4 Å². The molecule has 1 saturated heterocycles. The molecule has 0 radical (unpaired) electrons. The van der Waals surface area contributed by atoms with Crippen molar-refractivity contribution in [3.63, 3.8) is 0 Å². The number of aromatic nitrogens is 4. The van der Waals surface area contributed by atoms with Gasteiger partial charge >= 0.3 is 0 Å². The molecule has 0 spiro atoms. The Morgan fingerprint density at radius 3 is 2.69 bits per heavy atom. The summed E-state index contributed by atoms with van der Waals surface area (Å²) >= 11 is 0. The Morgan fingerprint density at radius 1 is 1.06 bits per heavy atom.